The fourth-order valence-electron chi connectivity index (χ4n) is 0.547. The summed E-state index contributed by atoms with van der Waals surface area (Å²) in [7, 11) is 0. The molecule has 0 heterocycles. The van der Waals surface area contributed by atoms with E-state index in [-0.39, 0.29) is 5.91 Å². The normalized spacial score (nSPS) is 8.18. The molecule has 3 heteroatoms. The van der Waals surface area contributed by atoms with Crippen molar-refractivity contribution >= 4 is 17.5 Å². The van der Waals surface area contributed by atoms with E-state index >= 15 is 0 Å². The van der Waals surface area contributed by atoms with Gasteiger partial charge < -0.3 is 5.32 Å². The first-order chi connectivity index (χ1) is 5.31. The molecular weight excluding hydrogens is 162 g/mol. The van der Waals surface area contributed by atoms with E-state index in [2.05, 4.69) is 17.2 Å². The summed E-state index contributed by atoms with van der Waals surface area (Å²) in [6, 6.07) is 0. The fourth-order valence-corrected chi connectivity index (χ4v) is 0.681. The molecule has 0 unspecified atom stereocenters. The van der Waals surface area contributed by atoms with E-state index < -0.39 is 0 Å². The van der Waals surface area contributed by atoms with E-state index in [1.807, 2.05) is 0 Å². The maximum Gasteiger partial charge on any atom is 0.220 e. The molecule has 0 atom stereocenters. The van der Waals surface area contributed by atoms with Crippen LogP contribution in [0.3, 0.4) is 0 Å². The highest BCUT2D eigenvalue weighted by Crippen LogP contribution is 1.90. The van der Waals surface area contributed by atoms with Gasteiger partial charge in [-0.05, 0) is 13.3 Å². The molecule has 0 aliphatic rings. The Morgan fingerprint density at radius 1 is 1.64 bits per heavy atom. The highest BCUT2D eigenvalue weighted by Gasteiger charge is 1.96. The van der Waals surface area contributed by atoms with Gasteiger partial charge in [0.25, 0.3) is 0 Å². The Labute approximate surface area is 72.3 Å². The van der Waals surface area contributed by atoms with Crippen LogP contribution in [0.5, 0.6) is 0 Å². The largest absolute Gasteiger partial charge is 0.345 e. The first-order valence-corrected chi connectivity index (χ1v) is 4.07. The third-order valence-electron chi connectivity index (χ3n) is 1.09. The van der Waals surface area contributed by atoms with Gasteiger partial charge in [0.15, 0.2) is 0 Å². The average molecular weight is 174 g/mol. The minimum Gasteiger partial charge on any atom is -0.345 e. The molecule has 0 aromatic carbocycles. The van der Waals surface area contributed by atoms with E-state index in [1.165, 1.54) is 0 Å². The summed E-state index contributed by atoms with van der Waals surface area (Å²) in [6.07, 6.45) is 1.22. The van der Waals surface area contributed by atoms with Crippen molar-refractivity contribution in [1.29, 1.82) is 0 Å². The molecule has 0 spiro atoms. The van der Waals surface area contributed by atoms with E-state index in [0.29, 0.717) is 18.8 Å². The average Bonchev–Trinajstić information content (AvgIpc) is 2.01. The lowest BCUT2D eigenvalue weighted by Crippen LogP contribution is -2.23. The van der Waals surface area contributed by atoms with Gasteiger partial charge in [-0.1, -0.05) is 5.92 Å². The van der Waals surface area contributed by atoms with Gasteiger partial charge in [-0.3, -0.25) is 4.79 Å². The van der Waals surface area contributed by atoms with Crippen molar-refractivity contribution in [2.24, 2.45) is 0 Å². The molecule has 1 amide bonds. The maximum absolute atomic E-state index is 10.8. The minimum absolute atomic E-state index is 0.0217. The Bertz CT molecular complexity index is 169. The van der Waals surface area contributed by atoms with Gasteiger partial charge in [0, 0.05) is 12.3 Å². The summed E-state index contributed by atoms with van der Waals surface area (Å²) in [6.45, 7) is 2.18. The molecule has 0 aromatic rings. The van der Waals surface area contributed by atoms with Gasteiger partial charge in [0.2, 0.25) is 5.91 Å². The van der Waals surface area contributed by atoms with Crippen molar-refractivity contribution in [2.75, 3.05) is 12.4 Å². The molecule has 0 aromatic heterocycles. The molecule has 0 radical (unpaired) electrons. The topological polar surface area (TPSA) is 29.1 Å². The zero-order valence-corrected chi connectivity index (χ0v) is 7.37. The predicted octanol–water partition coefficient (Wildman–Crippen LogP) is 1.14. The minimum atomic E-state index is 0.0217. The lowest BCUT2D eigenvalue weighted by molar-refractivity contribution is -0.120. The molecule has 0 bridgehead atoms. The fraction of sp³-hybridized carbons (Fsp3) is 0.625. The maximum atomic E-state index is 10.8. The summed E-state index contributed by atoms with van der Waals surface area (Å²) in [5, 5.41) is 2.65. The molecule has 0 aliphatic carbocycles. The standard InChI is InChI=1S/C8H12ClNO/c1-2-3-7-10-8(11)5-4-6-9/h4-7H2,1H3,(H,10,11). The predicted molar refractivity (Wildman–Crippen MR) is 46.4 cm³/mol. The zero-order chi connectivity index (χ0) is 8.53. The Kier molecular flexibility index (Phi) is 6.97. The molecular formula is C8H12ClNO. The highest BCUT2D eigenvalue weighted by atomic mass is 35.5. The third kappa shape index (κ3) is 7.21. The number of halogens is 1. The lowest BCUT2D eigenvalue weighted by atomic mass is 10.3. The zero-order valence-electron chi connectivity index (χ0n) is 6.61. The van der Waals surface area contributed by atoms with Crippen LogP contribution in [0, 0.1) is 11.8 Å². The number of nitrogens with one attached hydrogen (secondary N) is 1. The summed E-state index contributed by atoms with van der Waals surface area (Å²) >= 11 is 5.40. The van der Waals surface area contributed by atoms with Crippen LogP contribution in [0.25, 0.3) is 0 Å². The van der Waals surface area contributed by atoms with E-state index in [4.69, 9.17) is 11.6 Å². The Balaban J connectivity index is 3.27. The molecule has 0 rings (SSSR count). The number of alkyl halides is 1. The second kappa shape index (κ2) is 7.43. The molecule has 0 fully saturated rings. The van der Waals surface area contributed by atoms with Crippen LogP contribution in [0.15, 0.2) is 0 Å². The highest BCUT2D eigenvalue weighted by molar-refractivity contribution is 6.17. The Hall–Kier alpha value is -0.680. The quantitative estimate of drug-likeness (QED) is 0.502. The number of carbonyl (C=O) groups excluding carboxylic acids is 1. The number of carbonyl (C=O) groups is 1. The van der Waals surface area contributed by atoms with E-state index in [0.717, 1.165) is 6.42 Å². The van der Waals surface area contributed by atoms with Crippen molar-refractivity contribution in [3.63, 3.8) is 0 Å². The van der Waals surface area contributed by atoms with Gasteiger partial charge in [-0.2, -0.15) is 0 Å². The second-order valence-electron chi connectivity index (χ2n) is 2.00. The summed E-state index contributed by atoms with van der Waals surface area (Å²) in [5.41, 5.74) is 0. The Morgan fingerprint density at radius 3 is 2.91 bits per heavy atom. The monoisotopic (exact) mass is 173 g/mol. The van der Waals surface area contributed by atoms with Crippen molar-refractivity contribution in [1.82, 2.24) is 5.32 Å². The first kappa shape index (κ1) is 10.3. The smallest absolute Gasteiger partial charge is 0.220 e. The second-order valence-corrected chi connectivity index (χ2v) is 2.37. The van der Waals surface area contributed by atoms with Crippen LogP contribution in [0.1, 0.15) is 19.8 Å². The van der Waals surface area contributed by atoms with Gasteiger partial charge in [-0.15, -0.1) is 17.5 Å². The van der Waals surface area contributed by atoms with Crippen molar-refractivity contribution in [3.8, 4) is 11.8 Å². The van der Waals surface area contributed by atoms with Crippen molar-refractivity contribution in [2.45, 2.75) is 19.8 Å². The SMILES string of the molecule is CC#CCNC(=O)CCCCl. The van der Waals surface area contributed by atoms with Gasteiger partial charge >= 0.3 is 0 Å². The molecule has 0 aliphatic heterocycles. The first-order valence-electron chi connectivity index (χ1n) is 3.53. The number of rotatable bonds is 4. The van der Waals surface area contributed by atoms with E-state index in [1.54, 1.807) is 6.92 Å². The molecule has 2 nitrogen and oxygen atoms in total. The van der Waals surface area contributed by atoms with Crippen LogP contribution >= 0.6 is 11.6 Å². The molecule has 62 valence electrons. The lowest BCUT2D eigenvalue weighted by Gasteiger charge is -1.97. The van der Waals surface area contributed by atoms with Crippen LogP contribution in [-0.4, -0.2) is 18.3 Å². The van der Waals surface area contributed by atoms with Crippen LogP contribution in [-0.2, 0) is 4.79 Å². The summed E-state index contributed by atoms with van der Waals surface area (Å²) < 4.78 is 0. The van der Waals surface area contributed by atoms with Gasteiger partial charge in [0.1, 0.15) is 0 Å². The van der Waals surface area contributed by atoms with Crippen LogP contribution in [0.2, 0.25) is 0 Å². The molecule has 1 N–H and O–H groups in total. The van der Waals surface area contributed by atoms with Gasteiger partial charge in [-0.25, -0.2) is 0 Å². The Morgan fingerprint density at radius 2 is 2.36 bits per heavy atom. The summed E-state index contributed by atoms with van der Waals surface area (Å²) in [5.74, 6) is 5.99. The van der Waals surface area contributed by atoms with Crippen LogP contribution in [0.4, 0.5) is 0 Å². The van der Waals surface area contributed by atoms with Crippen molar-refractivity contribution in [3.05, 3.63) is 0 Å². The van der Waals surface area contributed by atoms with Gasteiger partial charge in [0.05, 0.1) is 6.54 Å². The molecule has 11 heavy (non-hydrogen) atoms. The number of hydrogen-bond acceptors (Lipinski definition) is 1. The van der Waals surface area contributed by atoms with Crippen LogP contribution < -0.4 is 5.32 Å². The number of hydrogen-bond donors (Lipinski definition) is 1. The molecule has 0 saturated carbocycles. The summed E-state index contributed by atoms with van der Waals surface area (Å²) in [4.78, 5) is 10.8. The van der Waals surface area contributed by atoms with E-state index in [9.17, 15) is 4.79 Å². The molecule has 0 saturated heterocycles. The number of amides is 1. The third-order valence-corrected chi connectivity index (χ3v) is 1.36. The van der Waals surface area contributed by atoms with Crippen molar-refractivity contribution < 1.29 is 4.79 Å².